The van der Waals surface area contributed by atoms with Gasteiger partial charge in [0.05, 0.1) is 0 Å². The highest BCUT2D eigenvalue weighted by Gasteiger charge is 2.31. The van der Waals surface area contributed by atoms with Crippen LogP contribution in [0.25, 0.3) is 0 Å². The molecule has 2 aliphatic rings. The summed E-state index contributed by atoms with van der Waals surface area (Å²) in [6, 6.07) is 9.53. The highest BCUT2D eigenvalue weighted by Crippen LogP contribution is 2.24. The Morgan fingerprint density at radius 1 is 1.24 bits per heavy atom. The van der Waals surface area contributed by atoms with E-state index in [2.05, 4.69) is 26.1 Å². The third-order valence-electron chi connectivity index (χ3n) is 4.67. The van der Waals surface area contributed by atoms with Gasteiger partial charge < -0.3 is 10.1 Å². The quantitative estimate of drug-likeness (QED) is 0.878. The smallest absolute Gasteiger partial charge is 0.120 e. The van der Waals surface area contributed by atoms with Gasteiger partial charge in [-0.15, -0.1) is 0 Å². The van der Waals surface area contributed by atoms with Crippen molar-refractivity contribution in [3.63, 3.8) is 0 Å². The molecular formula is C17H25BrN2O. The van der Waals surface area contributed by atoms with Gasteiger partial charge in [-0.2, -0.15) is 0 Å². The van der Waals surface area contributed by atoms with Crippen molar-refractivity contribution < 1.29 is 4.74 Å². The third-order valence-corrected chi connectivity index (χ3v) is 5.16. The Bertz CT molecular complexity index is 448. The predicted molar refractivity (Wildman–Crippen MR) is 89.9 cm³/mol. The molecule has 2 fully saturated rings. The Hall–Kier alpha value is -0.580. The normalized spacial score (nSPS) is 26.9. The van der Waals surface area contributed by atoms with Crippen LogP contribution in [0.15, 0.2) is 28.7 Å². The third kappa shape index (κ3) is 4.21. The minimum absolute atomic E-state index is 0.705. The van der Waals surface area contributed by atoms with E-state index in [0.717, 1.165) is 23.4 Å². The first kappa shape index (κ1) is 15.3. The summed E-state index contributed by atoms with van der Waals surface area (Å²) in [6.07, 6.45) is 6.73. The van der Waals surface area contributed by atoms with Crippen LogP contribution in [0.1, 0.15) is 32.1 Å². The van der Waals surface area contributed by atoms with E-state index in [0.29, 0.717) is 12.1 Å². The summed E-state index contributed by atoms with van der Waals surface area (Å²) in [5.41, 5.74) is 0. The molecule has 1 aromatic carbocycles. The molecule has 4 heteroatoms. The van der Waals surface area contributed by atoms with Gasteiger partial charge in [0.25, 0.3) is 0 Å². The van der Waals surface area contributed by atoms with E-state index in [9.17, 15) is 0 Å². The number of hydrogen-bond donors (Lipinski definition) is 1. The van der Waals surface area contributed by atoms with Crippen molar-refractivity contribution in [1.82, 2.24) is 10.2 Å². The van der Waals surface area contributed by atoms with Gasteiger partial charge in [-0.25, -0.2) is 0 Å². The molecular weight excluding hydrogens is 328 g/mol. The lowest BCUT2D eigenvalue weighted by atomic mass is 9.94. The number of nitrogens with one attached hydrogen (secondary N) is 1. The van der Waals surface area contributed by atoms with E-state index in [1.165, 1.54) is 45.2 Å². The topological polar surface area (TPSA) is 24.5 Å². The van der Waals surface area contributed by atoms with Crippen LogP contribution in [0.3, 0.4) is 0 Å². The first-order chi connectivity index (χ1) is 10.3. The molecule has 116 valence electrons. The molecule has 1 aromatic rings. The number of likely N-dealkylation sites (tertiary alicyclic amines) is 1. The van der Waals surface area contributed by atoms with Gasteiger partial charge in [-0.1, -0.05) is 28.4 Å². The molecule has 3 rings (SSSR count). The van der Waals surface area contributed by atoms with Gasteiger partial charge >= 0.3 is 0 Å². The second-order valence-corrected chi connectivity index (χ2v) is 7.02. The Balaban J connectivity index is 1.50. The molecule has 2 aliphatic heterocycles. The lowest BCUT2D eigenvalue weighted by Gasteiger charge is -2.39. The molecule has 2 atom stereocenters. The van der Waals surface area contributed by atoms with Gasteiger partial charge in [-0.3, -0.25) is 4.90 Å². The minimum Gasteiger partial charge on any atom is -0.492 e. The monoisotopic (exact) mass is 352 g/mol. The van der Waals surface area contributed by atoms with Crippen molar-refractivity contribution in [1.29, 1.82) is 0 Å². The summed E-state index contributed by atoms with van der Waals surface area (Å²) in [5.74, 6) is 0.955. The number of benzene rings is 1. The zero-order valence-corrected chi connectivity index (χ0v) is 14.1. The molecule has 0 aliphatic carbocycles. The van der Waals surface area contributed by atoms with Gasteiger partial charge in [0.1, 0.15) is 12.4 Å². The molecule has 0 bridgehead atoms. The van der Waals surface area contributed by atoms with E-state index in [1.54, 1.807) is 0 Å². The van der Waals surface area contributed by atoms with Crippen LogP contribution in [0.4, 0.5) is 0 Å². The van der Waals surface area contributed by atoms with E-state index >= 15 is 0 Å². The molecule has 0 saturated carbocycles. The van der Waals surface area contributed by atoms with Crippen LogP contribution in [-0.2, 0) is 0 Å². The zero-order valence-electron chi connectivity index (χ0n) is 12.6. The zero-order chi connectivity index (χ0) is 14.5. The van der Waals surface area contributed by atoms with Gasteiger partial charge in [0.15, 0.2) is 0 Å². The standard InChI is InChI=1S/C17H25BrN2O/c18-14-5-3-6-15(13-14)21-12-11-20-10-2-1-8-17(20)16-7-4-9-19-16/h3,5-6,13,16-17,19H,1-2,4,7-12H2. The molecule has 1 N–H and O–H groups in total. The Kier molecular flexibility index (Phi) is 5.55. The van der Waals surface area contributed by atoms with E-state index in [1.807, 2.05) is 24.3 Å². The first-order valence-corrected chi connectivity index (χ1v) is 8.98. The average Bonchev–Trinajstić information content (AvgIpc) is 3.02. The molecule has 2 unspecified atom stereocenters. The fourth-order valence-electron chi connectivity index (χ4n) is 3.63. The Morgan fingerprint density at radius 2 is 2.19 bits per heavy atom. The van der Waals surface area contributed by atoms with Crippen LogP contribution in [0.2, 0.25) is 0 Å². The van der Waals surface area contributed by atoms with Gasteiger partial charge in [0, 0.05) is 23.1 Å². The summed E-state index contributed by atoms with van der Waals surface area (Å²) >= 11 is 3.49. The van der Waals surface area contributed by atoms with E-state index in [-0.39, 0.29) is 0 Å². The highest BCUT2D eigenvalue weighted by atomic mass is 79.9. The molecule has 3 nitrogen and oxygen atoms in total. The van der Waals surface area contributed by atoms with Crippen LogP contribution in [0, 0.1) is 0 Å². The Labute approximate surface area is 136 Å². The number of rotatable bonds is 5. The minimum atomic E-state index is 0.705. The van der Waals surface area contributed by atoms with Crippen molar-refractivity contribution in [3.05, 3.63) is 28.7 Å². The maximum atomic E-state index is 5.91. The summed E-state index contributed by atoms with van der Waals surface area (Å²) in [4.78, 5) is 2.64. The maximum absolute atomic E-state index is 5.91. The number of ether oxygens (including phenoxy) is 1. The summed E-state index contributed by atoms with van der Waals surface area (Å²) in [5, 5.41) is 3.68. The van der Waals surface area contributed by atoms with Gasteiger partial charge in [0.2, 0.25) is 0 Å². The first-order valence-electron chi connectivity index (χ1n) is 8.19. The van der Waals surface area contributed by atoms with E-state index in [4.69, 9.17) is 4.74 Å². The molecule has 0 aromatic heterocycles. The van der Waals surface area contributed by atoms with E-state index < -0.39 is 0 Å². The fourth-order valence-corrected chi connectivity index (χ4v) is 4.01. The van der Waals surface area contributed by atoms with Crippen molar-refractivity contribution in [2.45, 2.75) is 44.2 Å². The molecule has 0 spiro atoms. The maximum Gasteiger partial charge on any atom is 0.120 e. The van der Waals surface area contributed by atoms with Crippen LogP contribution in [-0.4, -0.2) is 43.2 Å². The molecule has 2 heterocycles. The molecule has 2 saturated heterocycles. The van der Waals surface area contributed by atoms with Crippen molar-refractivity contribution in [2.75, 3.05) is 26.2 Å². The van der Waals surface area contributed by atoms with Crippen LogP contribution >= 0.6 is 15.9 Å². The van der Waals surface area contributed by atoms with Gasteiger partial charge in [-0.05, 0) is 57.0 Å². The predicted octanol–water partition coefficient (Wildman–Crippen LogP) is 3.43. The molecule has 0 radical (unpaired) electrons. The highest BCUT2D eigenvalue weighted by molar-refractivity contribution is 9.10. The van der Waals surface area contributed by atoms with Crippen LogP contribution in [0.5, 0.6) is 5.75 Å². The fraction of sp³-hybridized carbons (Fsp3) is 0.647. The molecule has 0 amide bonds. The summed E-state index contributed by atoms with van der Waals surface area (Å²) in [6.45, 7) is 4.24. The molecule has 21 heavy (non-hydrogen) atoms. The summed E-state index contributed by atoms with van der Waals surface area (Å²) < 4.78 is 6.98. The lowest BCUT2D eigenvalue weighted by Crippen LogP contribution is -2.51. The van der Waals surface area contributed by atoms with Crippen molar-refractivity contribution in [2.24, 2.45) is 0 Å². The lowest BCUT2D eigenvalue weighted by molar-refractivity contribution is 0.101. The number of hydrogen-bond acceptors (Lipinski definition) is 3. The number of piperidine rings is 1. The summed E-state index contributed by atoms with van der Waals surface area (Å²) in [7, 11) is 0. The van der Waals surface area contributed by atoms with Crippen LogP contribution < -0.4 is 10.1 Å². The largest absolute Gasteiger partial charge is 0.492 e. The second-order valence-electron chi connectivity index (χ2n) is 6.11. The van der Waals surface area contributed by atoms with Crippen molar-refractivity contribution >= 4 is 15.9 Å². The SMILES string of the molecule is Brc1cccc(OCCN2CCCCC2C2CCCN2)c1. The Morgan fingerprint density at radius 3 is 3.00 bits per heavy atom. The number of halogens is 1. The second kappa shape index (κ2) is 7.61. The number of nitrogens with zero attached hydrogens (tertiary/aromatic N) is 1. The van der Waals surface area contributed by atoms with Crippen molar-refractivity contribution in [3.8, 4) is 5.75 Å². The average molecular weight is 353 g/mol.